The van der Waals surface area contributed by atoms with Gasteiger partial charge in [-0.1, -0.05) is 5.16 Å². The second-order valence-corrected chi connectivity index (χ2v) is 5.46. The first kappa shape index (κ1) is 17.7. The molecule has 24 heavy (non-hydrogen) atoms. The van der Waals surface area contributed by atoms with Crippen LogP contribution in [0.2, 0.25) is 0 Å². The molecule has 1 aromatic heterocycles. The molecular weight excluding hydrogens is 328 g/mol. The number of thiocarbonyl (C=S) groups is 1. The largest absolute Gasteiger partial charge is 0.489 e. The molecule has 0 saturated heterocycles. The fourth-order valence-corrected chi connectivity index (χ4v) is 2.15. The minimum absolute atomic E-state index is 0.285. The normalized spacial score (nSPS) is 10.1. The molecule has 0 fully saturated rings. The molecule has 0 unspecified atom stereocenters. The summed E-state index contributed by atoms with van der Waals surface area (Å²) < 4.78 is 10.8. The standard InChI is InChI=1S/C16H20N4O3S/c1-4-17-16(24)19-18-15(21)12-5-7-13(8-6-12)22-9-14-10(2)20-23-11(14)3/h5-8H,4,9H2,1-3H3,(H,18,21)(H2,17,19,24). The lowest BCUT2D eigenvalue weighted by Crippen LogP contribution is -2.46. The summed E-state index contributed by atoms with van der Waals surface area (Å²) in [4.78, 5) is 12.0. The van der Waals surface area contributed by atoms with E-state index in [4.69, 9.17) is 21.5 Å². The molecule has 0 radical (unpaired) electrons. The van der Waals surface area contributed by atoms with Crippen molar-refractivity contribution in [3.05, 3.63) is 46.8 Å². The van der Waals surface area contributed by atoms with E-state index in [-0.39, 0.29) is 5.91 Å². The maximum absolute atomic E-state index is 12.0. The maximum atomic E-state index is 12.0. The molecule has 0 bridgehead atoms. The van der Waals surface area contributed by atoms with Gasteiger partial charge in [-0.25, -0.2) is 0 Å². The summed E-state index contributed by atoms with van der Waals surface area (Å²) in [5, 5.41) is 7.12. The number of carbonyl (C=O) groups excluding carboxylic acids is 1. The van der Waals surface area contributed by atoms with Crippen molar-refractivity contribution in [3.8, 4) is 5.75 Å². The van der Waals surface area contributed by atoms with Crippen LogP contribution in [0.4, 0.5) is 0 Å². The van der Waals surface area contributed by atoms with Crippen molar-refractivity contribution >= 4 is 23.2 Å². The van der Waals surface area contributed by atoms with Gasteiger partial charge in [-0.15, -0.1) is 0 Å². The van der Waals surface area contributed by atoms with Gasteiger partial charge in [0.2, 0.25) is 0 Å². The van der Waals surface area contributed by atoms with Gasteiger partial charge in [0.1, 0.15) is 18.1 Å². The highest BCUT2D eigenvalue weighted by molar-refractivity contribution is 7.80. The minimum atomic E-state index is -0.285. The van der Waals surface area contributed by atoms with E-state index in [2.05, 4.69) is 21.3 Å². The van der Waals surface area contributed by atoms with Gasteiger partial charge in [0.25, 0.3) is 5.91 Å². The number of hydrogen-bond donors (Lipinski definition) is 3. The van der Waals surface area contributed by atoms with Crippen molar-refractivity contribution < 1.29 is 14.1 Å². The zero-order chi connectivity index (χ0) is 17.5. The fraction of sp³-hybridized carbons (Fsp3) is 0.312. The number of amides is 1. The molecule has 0 saturated carbocycles. The Balaban J connectivity index is 1.88. The van der Waals surface area contributed by atoms with Crippen LogP contribution in [-0.4, -0.2) is 22.7 Å². The second kappa shape index (κ2) is 8.30. The number of aryl methyl sites for hydroxylation is 2. The average Bonchev–Trinajstić information content (AvgIpc) is 2.90. The molecule has 0 aliphatic rings. The van der Waals surface area contributed by atoms with E-state index < -0.39 is 0 Å². The number of benzene rings is 1. The van der Waals surface area contributed by atoms with Crippen LogP contribution in [0.3, 0.4) is 0 Å². The Morgan fingerprint density at radius 3 is 2.54 bits per heavy atom. The maximum Gasteiger partial charge on any atom is 0.269 e. The van der Waals surface area contributed by atoms with Crippen molar-refractivity contribution in [1.82, 2.24) is 21.3 Å². The molecule has 7 nitrogen and oxygen atoms in total. The van der Waals surface area contributed by atoms with Crippen LogP contribution in [0, 0.1) is 13.8 Å². The summed E-state index contributed by atoms with van der Waals surface area (Å²) in [7, 11) is 0. The topological polar surface area (TPSA) is 88.4 Å². The van der Waals surface area contributed by atoms with E-state index >= 15 is 0 Å². The van der Waals surface area contributed by atoms with E-state index in [0.717, 1.165) is 17.0 Å². The Bertz CT molecular complexity index is 693. The van der Waals surface area contributed by atoms with Gasteiger partial charge in [0.05, 0.1) is 11.3 Å². The van der Waals surface area contributed by atoms with Crippen LogP contribution >= 0.6 is 12.2 Å². The molecule has 2 aromatic rings. The third-order valence-corrected chi connectivity index (χ3v) is 3.55. The number of rotatable bonds is 5. The fourth-order valence-electron chi connectivity index (χ4n) is 1.96. The Hall–Kier alpha value is -2.61. The Kier molecular flexibility index (Phi) is 6.14. The summed E-state index contributed by atoms with van der Waals surface area (Å²) in [5.41, 5.74) is 7.38. The van der Waals surface area contributed by atoms with Crippen molar-refractivity contribution in [3.63, 3.8) is 0 Å². The molecule has 2 rings (SSSR count). The monoisotopic (exact) mass is 348 g/mol. The van der Waals surface area contributed by atoms with Gasteiger partial charge in [0.15, 0.2) is 5.11 Å². The molecule has 1 heterocycles. The summed E-state index contributed by atoms with van der Waals surface area (Å²) >= 11 is 4.97. The Morgan fingerprint density at radius 2 is 1.96 bits per heavy atom. The molecular formula is C16H20N4O3S. The number of hydrazine groups is 1. The molecule has 0 spiro atoms. The van der Waals surface area contributed by atoms with Crippen molar-refractivity contribution in [1.29, 1.82) is 0 Å². The number of carbonyl (C=O) groups is 1. The predicted molar refractivity (Wildman–Crippen MR) is 93.6 cm³/mol. The smallest absolute Gasteiger partial charge is 0.269 e. The van der Waals surface area contributed by atoms with E-state index in [1.807, 2.05) is 20.8 Å². The van der Waals surface area contributed by atoms with Crippen LogP contribution in [0.15, 0.2) is 28.8 Å². The van der Waals surface area contributed by atoms with E-state index in [9.17, 15) is 4.79 Å². The minimum Gasteiger partial charge on any atom is -0.489 e. The molecule has 0 aliphatic heterocycles. The van der Waals surface area contributed by atoms with E-state index in [0.29, 0.717) is 29.6 Å². The van der Waals surface area contributed by atoms with Crippen molar-refractivity contribution in [2.75, 3.05) is 6.54 Å². The molecule has 128 valence electrons. The summed E-state index contributed by atoms with van der Waals surface area (Å²) in [6.07, 6.45) is 0. The lowest BCUT2D eigenvalue weighted by molar-refractivity contribution is 0.0943. The highest BCUT2D eigenvalue weighted by atomic mass is 32.1. The first-order valence-electron chi connectivity index (χ1n) is 7.50. The number of hydrogen-bond acceptors (Lipinski definition) is 5. The van der Waals surface area contributed by atoms with Gasteiger partial charge >= 0.3 is 0 Å². The molecule has 1 amide bonds. The molecule has 3 N–H and O–H groups in total. The van der Waals surface area contributed by atoms with Crippen molar-refractivity contribution in [2.24, 2.45) is 0 Å². The summed E-state index contributed by atoms with van der Waals surface area (Å²) in [6, 6.07) is 6.82. The first-order valence-corrected chi connectivity index (χ1v) is 7.91. The van der Waals surface area contributed by atoms with Gasteiger partial charge < -0.3 is 14.6 Å². The van der Waals surface area contributed by atoms with Gasteiger partial charge in [-0.2, -0.15) is 0 Å². The van der Waals surface area contributed by atoms with Gasteiger partial charge in [-0.3, -0.25) is 15.6 Å². The predicted octanol–water partition coefficient (Wildman–Crippen LogP) is 2.00. The summed E-state index contributed by atoms with van der Waals surface area (Å²) in [5.74, 6) is 1.11. The zero-order valence-electron chi connectivity index (χ0n) is 13.8. The highest BCUT2D eigenvalue weighted by Gasteiger charge is 2.10. The SMILES string of the molecule is CCNC(=S)NNC(=O)c1ccc(OCc2c(C)noc2C)cc1. The molecule has 0 aliphatic carbocycles. The molecule has 1 aromatic carbocycles. The first-order chi connectivity index (χ1) is 11.5. The Morgan fingerprint density at radius 1 is 1.25 bits per heavy atom. The van der Waals surface area contributed by atoms with Crippen LogP contribution in [0.25, 0.3) is 0 Å². The number of nitrogens with zero attached hydrogens (tertiary/aromatic N) is 1. The third kappa shape index (κ3) is 4.69. The zero-order valence-corrected chi connectivity index (χ0v) is 14.6. The van der Waals surface area contributed by atoms with Gasteiger partial charge in [-0.05, 0) is 57.3 Å². The molecule has 0 atom stereocenters. The Labute approximate surface area is 145 Å². The van der Waals surface area contributed by atoms with Crippen LogP contribution < -0.4 is 20.9 Å². The average molecular weight is 348 g/mol. The summed E-state index contributed by atoms with van der Waals surface area (Å²) in [6.45, 7) is 6.67. The highest BCUT2D eigenvalue weighted by Crippen LogP contribution is 2.17. The van der Waals surface area contributed by atoms with Crippen molar-refractivity contribution in [2.45, 2.75) is 27.4 Å². The van der Waals surface area contributed by atoms with Crippen LogP contribution in [0.1, 0.15) is 34.3 Å². The second-order valence-electron chi connectivity index (χ2n) is 5.05. The number of aromatic nitrogens is 1. The van der Waals surface area contributed by atoms with Gasteiger partial charge in [0, 0.05) is 12.1 Å². The number of ether oxygens (including phenoxy) is 1. The van der Waals surface area contributed by atoms with E-state index in [1.165, 1.54) is 0 Å². The van der Waals surface area contributed by atoms with Crippen LogP contribution in [0.5, 0.6) is 5.75 Å². The quantitative estimate of drug-likeness (QED) is 0.562. The van der Waals surface area contributed by atoms with Crippen LogP contribution in [-0.2, 0) is 6.61 Å². The lowest BCUT2D eigenvalue weighted by atomic mass is 10.2. The van der Waals surface area contributed by atoms with E-state index in [1.54, 1.807) is 24.3 Å². The number of nitrogens with one attached hydrogen (secondary N) is 3. The third-order valence-electron chi connectivity index (χ3n) is 3.31. The molecule has 8 heteroatoms. The lowest BCUT2D eigenvalue weighted by Gasteiger charge is -2.10.